The topological polar surface area (TPSA) is 102 Å². The van der Waals surface area contributed by atoms with Crippen molar-refractivity contribution < 1.29 is 19.1 Å². The van der Waals surface area contributed by atoms with Crippen molar-refractivity contribution in [1.82, 2.24) is 20.8 Å². The summed E-state index contributed by atoms with van der Waals surface area (Å²) in [5, 5.41) is 0.734. The monoisotopic (exact) mass is 464 g/mol. The van der Waals surface area contributed by atoms with Crippen LogP contribution in [0.25, 0.3) is 0 Å². The molecule has 0 saturated heterocycles. The second kappa shape index (κ2) is 10.4. The molecular weight excluding hydrogens is 440 g/mol. The molecule has 170 valence electrons. The molecule has 0 radical (unpaired) electrons. The first-order valence-corrected chi connectivity index (χ1v) is 11.5. The van der Waals surface area contributed by atoms with E-state index in [1.54, 1.807) is 23.9 Å². The van der Waals surface area contributed by atoms with E-state index < -0.39 is 0 Å². The SMILES string of the molecule is Cc1cc(C)nc(SCc2ccc(C(=O)NNC(=O)CCc3ccc4c(c3)OCO4)cc2)n1. The molecule has 1 aliphatic heterocycles. The molecule has 0 bridgehead atoms. The van der Waals surface area contributed by atoms with E-state index in [1.807, 2.05) is 50.2 Å². The Hall–Kier alpha value is -3.59. The number of thioether (sulfide) groups is 1. The number of aromatic nitrogens is 2. The average Bonchev–Trinajstić information content (AvgIpc) is 3.27. The highest BCUT2D eigenvalue weighted by Gasteiger charge is 2.14. The third-order valence-corrected chi connectivity index (χ3v) is 5.86. The van der Waals surface area contributed by atoms with Crippen molar-refractivity contribution in [1.29, 1.82) is 0 Å². The number of rotatable bonds is 7. The van der Waals surface area contributed by atoms with Gasteiger partial charge in [0, 0.05) is 29.1 Å². The Kier molecular flexibility index (Phi) is 7.09. The highest BCUT2D eigenvalue weighted by atomic mass is 32.2. The van der Waals surface area contributed by atoms with Gasteiger partial charge < -0.3 is 9.47 Å². The first-order chi connectivity index (χ1) is 16.0. The number of ether oxygens (including phenoxy) is 2. The highest BCUT2D eigenvalue weighted by molar-refractivity contribution is 7.98. The number of carbonyl (C=O) groups excluding carboxylic acids is 2. The zero-order chi connectivity index (χ0) is 23.2. The number of hydrogen-bond acceptors (Lipinski definition) is 7. The van der Waals surface area contributed by atoms with Gasteiger partial charge in [-0.3, -0.25) is 20.4 Å². The number of aryl methyl sites for hydroxylation is 3. The van der Waals surface area contributed by atoms with E-state index in [0.29, 0.717) is 29.2 Å². The number of hydrazine groups is 1. The molecule has 8 nitrogen and oxygen atoms in total. The fraction of sp³-hybridized carbons (Fsp3) is 0.250. The van der Waals surface area contributed by atoms with E-state index in [4.69, 9.17) is 9.47 Å². The van der Waals surface area contributed by atoms with E-state index in [1.165, 1.54) is 0 Å². The molecule has 2 amide bonds. The fourth-order valence-corrected chi connectivity index (χ4v) is 4.18. The first kappa shape index (κ1) is 22.6. The van der Waals surface area contributed by atoms with Gasteiger partial charge in [0.2, 0.25) is 12.7 Å². The quantitative estimate of drug-likeness (QED) is 0.313. The smallest absolute Gasteiger partial charge is 0.269 e. The molecule has 0 unspecified atom stereocenters. The maximum Gasteiger partial charge on any atom is 0.269 e. The standard InChI is InChI=1S/C24H24N4O4S/c1-15-11-16(2)26-24(25-15)33-13-18-3-7-19(8-4-18)23(30)28-27-22(29)10-6-17-5-9-20-21(12-17)32-14-31-20/h3-5,7-9,11-12H,6,10,13-14H2,1-2H3,(H,27,29)(H,28,30). The minimum Gasteiger partial charge on any atom is -0.454 e. The molecule has 0 spiro atoms. The van der Waals surface area contributed by atoms with E-state index in [2.05, 4.69) is 20.8 Å². The summed E-state index contributed by atoms with van der Waals surface area (Å²) in [4.78, 5) is 33.3. The molecule has 9 heteroatoms. The molecule has 3 aromatic rings. The average molecular weight is 465 g/mol. The Morgan fingerprint density at radius 2 is 1.61 bits per heavy atom. The molecule has 1 aliphatic rings. The van der Waals surface area contributed by atoms with E-state index >= 15 is 0 Å². The van der Waals surface area contributed by atoms with Crippen LogP contribution in [0.2, 0.25) is 0 Å². The summed E-state index contributed by atoms with van der Waals surface area (Å²) >= 11 is 1.55. The van der Waals surface area contributed by atoms with Crippen molar-refractivity contribution in [3.8, 4) is 11.5 Å². The summed E-state index contributed by atoms with van der Waals surface area (Å²) in [6, 6.07) is 14.7. The lowest BCUT2D eigenvalue weighted by molar-refractivity contribution is -0.121. The maximum atomic E-state index is 12.3. The summed E-state index contributed by atoms with van der Waals surface area (Å²) < 4.78 is 10.6. The van der Waals surface area contributed by atoms with Crippen LogP contribution >= 0.6 is 11.8 Å². The number of nitrogens with zero attached hydrogens (tertiary/aromatic N) is 2. The van der Waals surface area contributed by atoms with Gasteiger partial charge in [0.15, 0.2) is 16.7 Å². The van der Waals surface area contributed by atoms with Crippen molar-refractivity contribution in [2.75, 3.05) is 6.79 Å². The maximum absolute atomic E-state index is 12.3. The van der Waals surface area contributed by atoms with Gasteiger partial charge in [-0.25, -0.2) is 9.97 Å². The summed E-state index contributed by atoms with van der Waals surface area (Å²) in [6.45, 7) is 4.11. The van der Waals surface area contributed by atoms with E-state index in [-0.39, 0.29) is 25.0 Å². The zero-order valence-electron chi connectivity index (χ0n) is 18.4. The molecule has 0 aliphatic carbocycles. The van der Waals surface area contributed by atoms with E-state index in [0.717, 1.165) is 27.7 Å². The van der Waals surface area contributed by atoms with Crippen LogP contribution in [0.3, 0.4) is 0 Å². The normalized spacial score (nSPS) is 11.8. The Morgan fingerprint density at radius 3 is 2.36 bits per heavy atom. The van der Waals surface area contributed by atoms with Gasteiger partial charge in [-0.2, -0.15) is 0 Å². The molecule has 2 heterocycles. The molecule has 4 rings (SSSR count). The Morgan fingerprint density at radius 1 is 0.909 bits per heavy atom. The minimum absolute atomic E-state index is 0.214. The largest absolute Gasteiger partial charge is 0.454 e. The lowest BCUT2D eigenvalue weighted by atomic mass is 10.1. The van der Waals surface area contributed by atoms with Crippen LogP contribution < -0.4 is 20.3 Å². The first-order valence-electron chi connectivity index (χ1n) is 10.5. The minimum atomic E-state index is -0.372. The number of hydrogen-bond donors (Lipinski definition) is 2. The van der Waals surface area contributed by atoms with Crippen LogP contribution in [0.15, 0.2) is 53.7 Å². The number of carbonyl (C=O) groups is 2. The van der Waals surface area contributed by atoms with Gasteiger partial charge in [0.05, 0.1) is 0 Å². The Balaban J connectivity index is 1.21. The van der Waals surface area contributed by atoms with Crippen LogP contribution in [0.4, 0.5) is 0 Å². The lowest BCUT2D eigenvalue weighted by Crippen LogP contribution is -2.41. The Bertz CT molecular complexity index is 1150. The summed E-state index contributed by atoms with van der Waals surface area (Å²) in [7, 11) is 0. The van der Waals surface area contributed by atoms with Crippen LogP contribution in [-0.2, 0) is 17.0 Å². The van der Waals surface area contributed by atoms with Gasteiger partial charge in [-0.1, -0.05) is 30.0 Å². The van der Waals surface area contributed by atoms with Crippen LogP contribution in [0, 0.1) is 13.8 Å². The third kappa shape index (κ3) is 6.23. The fourth-order valence-electron chi connectivity index (χ4n) is 3.27. The highest BCUT2D eigenvalue weighted by Crippen LogP contribution is 2.32. The zero-order valence-corrected chi connectivity index (χ0v) is 19.2. The van der Waals surface area contributed by atoms with Crippen molar-refractivity contribution >= 4 is 23.6 Å². The van der Waals surface area contributed by atoms with Gasteiger partial charge in [-0.05, 0) is 61.7 Å². The lowest BCUT2D eigenvalue weighted by Gasteiger charge is -2.08. The number of fused-ring (bicyclic) bond motifs is 1. The second-order valence-corrected chi connectivity index (χ2v) is 8.55. The predicted molar refractivity (Wildman–Crippen MR) is 124 cm³/mol. The van der Waals surface area contributed by atoms with Gasteiger partial charge in [-0.15, -0.1) is 0 Å². The molecule has 33 heavy (non-hydrogen) atoms. The van der Waals surface area contributed by atoms with Gasteiger partial charge in [0.25, 0.3) is 5.91 Å². The molecule has 0 fully saturated rings. The third-order valence-electron chi connectivity index (χ3n) is 4.94. The summed E-state index contributed by atoms with van der Waals surface area (Å²) in [6.07, 6.45) is 0.755. The van der Waals surface area contributed by atoms with Crippen LogP contribution in [0.1, 0.15) is 39.3 Å². The summed E-state index contributed by atoms with van der Waals surface area (Å²) in [5.41, 5.74) is 9.27. The Labute approximate surface area is 196 Å². The molecular formula is C24H24N4O4S. The van der Waals surface area contributed by atoms with E-state index in [9.17, 15) is 9.59 Å². The van der Waals surface area contributed by atoms with Gasteiger partial charge in [0.1, 0.15) is 0 Å². The molecule has 2 N–H and O–H groups in total. The van der Waals surface area contributed by atoms with Crippen molar-refractivity contribution in [2.24, 2.45) is 0 Å². The summed E-state index contributed by atoms with van der Waals surface area (Å²) in [5.74, 6) is 1.44. The molecule has 1 aromatic heterocycles. The van der Waals surface area contributed by atoms with Crippen molar-refractivity contribution in [3.63, 3.8) is 0 Å². The predicted octanol–water partition coefficient (Wildman–Crippen LogP) is 3.51. The van der Waals surface area contributed by atoms with Gasteiger partial charge >= 0.3 is 0 Å². The number of amides is 2. The van der Waals surface area contributed by atoms with Crippen LogP contribution in [-0.4, -0.2) is 28.6 Å². The van der Waals surface area contributed by atoms with Crippen molar-refractivity contribution in [2.45, 2.75) is 37.6 Å². The van der Waals surface area contributed by atoms with Crippen LogP contribution in [0.5, 0.6) is 11.5 Å². The number of nitrogens with one attached hydrogen (secondary N) is 2. The second-order valence-electron chi connectivity index (χ2n) is 7.61. The van der Waals surface area contributed by atoms with Crippen molar-refractivity contribution in [3.05, 3.63) is 76.6 Å². The molecule has 2 aromatic carbocycles. The molecule has 0 atom stereocenters. The number of benzene rings is 2. The molecule has 0 saturated carbocycles.